The molecule has 0 heterocycles. The van der Waals surface area contributed by atoms with Gasteiger partial charge in [-0.05, 0) is 166 Å². The van der Waals surface area contributed by atoms with Crippen LogP contribution in [0.4, 0.5) is 0 Å². The van der Waals surface area contributed by atoms with E-state index in [0.29, 0.717) is 23.9 Å². The van der Waals surface area contributed by atoms with Crippen molar-refractivity contribution in [3.05, 3.63) is 41.5 Å². The van der Waals surface area contributed by atoms with E-state index >= 15 is 0 Å². The van der Waals surface area contributed by atoms with Gasteiger partial charge in [0.2, 0.25) is 0 Å². The van der Waals surface area contributed by atoms with Crippen molar-refractivity contribution in [2.75, 3.05) is 6.61 Å². The van der Waals surface area contributed by atoms with Gasteiger partial charge in [-0.15, -0.1) is 0 Å². The highest BCUT2D eigenvalue weighted by molar-refractivity contribution is 5.69. The highest BCUT2D eigenvalue weighted by Gasteiger charge is 2.59. The second-order valence-corrected chi connectivity index (χ2v) is 20.1. The Morgan fingerprint density at radius 1 is 0.811 bits per heavy atom. The summed E-state index contributed by atoms with van der Waals surface area (Å²) in [5, 5.41) is 0. The number of ether oxygens (including phenoxy) is 2. The van der Waals surface area contributed by atoms with Gasteiger partial charge in [-0.2, -0.15) is 0 Å². The molecule has 53 heavy (non-hydrogen) atoms. The van der Waals surface area contributed by atoms with Crippen molar-refractivity contribution in [1.82, 2.24) is 0 Å². The molecule has 6 rings (SSSR count). The van der Waals surface area contributed by atoms with Crippen molar-refractivity contribution in [3.63, 3.8) is 0 Å². The molecule has 4 saturated carbocycles. The molecule has 0 bridgehead atoms. The van der Waals surface area contributed by atoms with Crippen LogP contribution < -0.4 is 4.74 Å². The number of benzene rings is 1. The molecule has 0 aliphatic heterocycles. The fraction of sp³-hybridized carbons (Fsp3) is 0.820. The molecule has 8 atom stereocenters. The Hall–Kier alpha value is -1.77. The third kappa shape index (κ3) is 9.97. The summed E-state index contributed by atoms with van der Waals surface area (Å²) >= 11 is 0. The highest BCUT2D eigenvalue weighted by Crippen LogP contribution is 2.67. The molecule has 4 fully saturated rings. The Kier molecular flexibility index (Phi) is 14.6. The quantitative estimate of drug-likeness (QED) is 0.0858. The summed E-state index contributed by atoms with van der Waals surface area (Å²) in [5.74, 6) is 7.85. The molecule has 1 unspecified atom stereocenters. The lowest BCUT2D eigenvalue weighted by Gasteiger charge is -2.58. The van der Waals surface area contributed by atoms with Crippen molar-refractivity contribution in [1.29, 1.82) is 0 Å². The molecule has 0 aromatic heterocycles. The third-order valence-corrected chi connectivity index (χ3v) is 16.3. The van der Waals surface area contributed by atoms with Gasteiger partial charge in [-0.3, -0.25) is 4.79 Å². The van der Waals surface area contributed by atoms with Gasteiger partial charge in [-0.25, -0.2) is 0 Å². The van der Waals surface area contributed by atoms with Gasteiger partial charge in [0.1, 0.15) is 11.9 Å². The summed E-state index contributed by atoms with van der Waals surface area (Å²) in [4.78, 5) is 12.9. The van der Waals surface area contributed by atoms with E-state index < -0.39 is 0 Å². The second-order valence-electron chi connectivity index (χ2n) is 20.1. The Bertz CT molecular complexity index is 1300. The number of unbranched alkanes of at least 4 members (excludes halogenated alkanes) is 4. The van der Waals surface area contributed by atoms with Crippen LogP contribution in [0.1, 0.15) is 201 Å². The van der Waals surface area contributed by atoms with E-state index in [1.54, 1.807) is 5.57 Å². The van der Waals surface area contributed by atoms with E-state index in [9.17, 15) is 4.79 Å². The van der Waals surface area contributed by atoms with Crippen molar-refractivity contribution in [2.24, 2.45) is 52.3 Å². The Morgan fingerprint density at radius 2 is 1.60 bits per heavy atom. The van der Waals surface area contributed by atoms with E-state index in [0.717, 1.165) is 85.2 Å². The predicted octanol–water partition coefficient (Wildman–Crippen LogP) is 14.4. The molecule has 0 spiro atoms. The van der Waals surface area contributed by atoms with E-state index in [4.69, 9.17) is 9.47 Å². The van der Waals surface area contributed by atoms with Crippen LogP contribution in [-0.2, 0) is 9.53 Å². The van der Waals surface area contributed by atoms with Crippen LogP contribution in [-0.4, -0.2) is 18.7 Å². The molecule has 5 aliphatic rings. The zero-order valence-corrected chi connectivity index (χ0v) is 35.3. The highest BCUT2D eigenvalue weighted by atomic mass is 16.5. The number of hydrogen-bond acceptors (Lipinski definition) is 3. The van der Waals surface area contributed by atoms with Crippen LogP contribution in [0.5, 0.6) is 5.75 Å². The van der Waals surface area contributed by atoms with Crippen LogP contribution >= 0.6 is 0 Å². The lowest BCUT2D eigenvalue weighted by atomic mass is 9.47. The fourth-order valence-electron chi connectivity index (χ4n) is 13.0. The minimum absolute atomic E-state index is 0.00679. The molecule has 1 aromatic rings. The average Bonchev–Trinajstić information content (AvgIpc) is 3.51. The summed E-state index contributed by atoms with van der Waals surface area (Å²) < 4.78 is 12.2. The normalized spacial score (nSPS) is 34.5. The van der Waals surface area contributed by atoms with E-state index in [2.05, 4.69) is 71.9 Å². The van der Waals surface area contributed by atoms with Crippen LogP contribution in [0.2, 0.25) is 0 Å². The van der Waals surface area contributed by atoms with Gasteiger partial charge >= 0.3 is 5.97 Å². The molecular formula is C50H80O3. The minimum Gasteiger partial charge on any atom is -0.494 e. The molecule has 298 valence electrons. The SMILES string of the molecule is CCCCCC1CCC(c2ccc(OCCCCCC(=O)OC3CC[C@@]4(C)C(=CC[C@H]5[C@@H]6CC[C@H]([C@H](C)CCCC(C)C)[C@@]6(C)CC[C@@H]54)C3)cc2)CC1. The van der Waals surface area contributed by atoms with Crippen molar-refractivity contribution < 1.29 is 14.3 Å². The van der Waals surface area contributed by atoms with Gasteiger partial charge in [0, 0.05) is 12.8 Å². The largest absolute Gasteiger partial charge is 0.494 e. The number of hydrogen-bond donors (Lipinski definition) is 0. The molecule has 0 radical (unpaired) electrons. The minimum atomic E-state index is 0.00679. The van der Waals surface area contributed by atoms with Crippen molar-refractivity contribution >= 4 is 5.97 Å². The molecule has 3 heteroatoms. The average molecular weight is 729 g/mol. The molecule has 3 nitrogen and oxygen atoms in total. The molecule has 0 saturated heterocycles. The smallest absolute Gasteiger partial charge is 0.306 e. The number of rotatable bonds is 18. The monoisotopic (exact) mass is 729 g/mol. The van der Waals surface area contributed by atoms with Gasteiger partial charge < -0.3 is 9.47 Å². The number of carbonyl (C=O) groups excluding carboxylic acids is 1. The predicted molar refractivity (Wildman–Crippen MR) is 222 cm³/mol. The lowest BCUT2D eigenvalue weighted by molar-refractivity contribution is -0.151. The number of allylic oxidation sites excluding steroid dienone is 1. The van der Waals surface area contributed by atoms with Crippen LogP contribution in [0.3, 0.4) is 0 Å². The van der Waals surface area contributed by atoms with Gasteiger partial charge in [0.25, 0.3) is 0 Å². The van der Waals surface area contributed by atoms with Gasteiger partial charge in [0.15, 0.2) is 0 Å². The zero-order chi connectivity index (χ0) is 37.4. The standard InChI is InChI=1S/C50H80O3/c1-7-8-10-16-38-18-20-39(21-19-38)40-22-25-42(26-23-40)52-34-12-9-11-17-48(51)53-43-30-32-49(5)41(35-43)24-27-44-46-29-28-45(37(4)15-13-14-36(2)3)50(46,6)33-31-47(44)49/h22-26,36-39,43-47H,7-21,27-35H2,1-6H3/t37-,38?,39?,43?,44+,45-,46+,47+,49+,50-/m1/s1. The Balaban J connectivity index is 0.872. The Morgan fingerprint density at radius 3 is 2.36 bits per heavy atom. The number of carbonyl (C=O) groups is 1. The molecular weight excluding hydrogens is 649 g/mol. The van der Waals surface area contributed by atoms with E-state index in [-0.39, 0.29) is 12.1 Å². The third-order valence-electron chi connectivity index (χ3n) is 16.3. The first-order chi connectivity index (χ1) is 25.6. The van der Waals surface area contributed by atoms with Crippen LogP contribution in [0, 0.1) is 52.3 Å². The molecule has 0 N–H and O–H groups in total. The summed E-state index contributed by atoms with van der Waals surface area (Å²) in [6.45, 7) is 15.6. The second kappa shape index (κ2) is 18.9. The Labute approximate surface area is 326 Å². The van der Waals surface area contributed by atoms with Crippen molar-refractivity contribution in [3.8, 4) is 5.75 Å². The van der Waals surface area contributed by atoms with E-state index in [1.807, 2.05) is 0 Å². The first-order valence-corrected chi connectivity index (χ1v) is 23.2. The molecule has 5 aliphatic carbocycles. The molecule has 0 amide bonds. The van der Waals surface area contributed by atoms with Gasteiger partial charge in [0.05, 0.1) is 6.61 Å². The van der Waals surface area contributed by atoms with E-state index in [1.165, 1.54) is 115 Å². The lowest BCUT2D eigenvalue weighted by Crippen LogP contribution is -2.51. The fourth-order valence-corrected chi connectivity index (χ4v) is 13.0. The van der Waals surface area contributed by atoms with Gasteiger partial charge in [-0.1, -0.05) is 110 Å². The first kappa shape index (κ1) is 40.9. The number of fused-ring (bicyclic) bond motifs is 5. The van der Waals surface area contributed by atoms with Crippen molar-refractivity contribution in [2.45, 2.75) is 201 Å². The maximum Gasteiger partial charge on any atom is 0.306 e. The van der Waals surface area contributed by atoms with Crippen LogP contribution in [0.15, 0.2) is 35.9 Å². The maximum atomic E-state index is 12.9. The number of esters is 1. The topological polar surface area (TPSA) is 35.5 Å². The van der Waals surface area contributed by atoms with Crippen LogP contribution in [0.25, 0.3) is 0 Å². The molecule has 1 aromatic carbocycles. The maximum absolute atomic E-state index is 12.9. The summed E-state index contributed by atoms with van der Waals surface area (Å²) in [7, 11) is 0. The summed E-state index contributed by atoms with van der Waals surface area (Å²) in [5.41, 5.74) is 3.96. The summed E-state index contributed by atoms with van der Waals surface area (Å²) in [6.07, 6.45) is 31.6. The summed E-state index contributed by atoms with van der Waals surface area (Å²) in [6, 6.07) is 8.94. The first-order valence-electron chi connectivity index (χ1n) is 23.2. The zero-order valence-electron chi connectivity index (χ0n) is 35.3.